The first-order chi connectivity index (χ1) is 13.9. The molecule has 0 amide bonds. The van der Waals surface area contributed by atoms with Crippen LogP contribution in [0.4, 0.5) is 13.2 Å². The number of halogens is 3. The molecular formula is C24H33F3O2. The summed E-state index contributed by atoms with van der Waals surface area (Å²) in [6, 6.07) is 1.91. The molecule has 2 saturated carbocycles. The van der Waals surface area contributed by atoms with Gasteiger partial charge in [0.25, 0.3) is 0 Å². The van der Waals surface area contributed by atoms with Crippen molar-refractivity contribution in [3.8, 4) is 0 Å². The van der Waals surface area contributed by atoms with Crippen molar-refractivity contribution in [1.29, 1.82) is 0 Å². The largest absolute Gasteiger partial charge is 0.385 e. The molecule has 0 aromatic heterocycles. The Labute approximate surface area is 171 Å². The monoisotopic (exact) mass is 410 g/mol. The summed E-state index contributed by atoms with van der Waals surface area (Å²) in [6.07, 6.45) is 10.4. The Morgan fingerprint density at radius 2 is 1.38 bits per heavy atom. The fraction of sp³-hybridized carbons (Fsp3) is 0.750. The summed E-state index contributed by atoms with van der Waals surface area (Å²) < 4.78 is 46.6. The molecule has 1 aromatic rings. The van der Waals surface area contributed by atoms with Crippen LogP contribution >= 0.6 is 0 Å². The van der Waals surface area contributed by atoms with E-state index in [0.29, 0.717) is 42.6 Å². The minimum absolute atomic E-state index is 0.166. The lowest BCUT2D eigenvalue weighted by Gasteiger charge is -2.43. The third kappa shape index (κ3) is 4.51. The van der Waals surface area contributed by atoms with Crippen molar-refractivity contribution in [3.05, 3.63) is 35.1 Å². The zero-order valence-corrected chi connectivity index (χ0v) is 17.3. The molecule has 1 aliphatic heterocycles. The van der Waals surface area contributed by atoms with Crippen LogP contribution in [0.25, 0.3) is 0 Å². The Hall–Kier alpha value is -1.07. The molecule has 2 aliphatic carbocycles. The van der Waals surface area contributed by atoms with Gasteiger partial charge in [-0.2, -0.15) is 0 Å². The van der Waals surface area contributed by atoms with Crippen LogP contribution in [0.15, 0.2) is 12.1 Å². The lowest BCUT2D eigenvalue weighted by atomic mass is 9.66. The van der Waals surface area contributed by atoms with E-state index < -0.39 is 23.1 Å². The van der Waals surface area contributed by atoms with E-state index in [4.69, 9.17) is 4.74 Å². The summed E-state index contributed by atoms with van der Waals surface area (Å²) in [5.41, 5.74) is -1.09. The van der Waals surface area contributed by atoms with Gasteiger partial charge in [-0.15, -0.1) is 0 Å². The highest BCUT2D eigenvalue weighted by atomic mass is 19.2. The summed E-state index contributed by atoms with van der Waals surface area (Å²) in [7, 11) is 0. The number of ether oxygens (including phenoxy) is 1. The molecule has 2 unspecified atom stereocenters. The van der Waals surface area contributed by atoms with E-state index in [-0.39, 0.29) is 5.56 Å². The molecule has 1 saturated heterocycles. The second-order valence-corrected chi connectivity index (χ2v) is 9.85. The standard InChI is InChI=1S/C24H33F3O2/c1-15-2-7-22(29-14-15)18-5-3-16(4-6-18)17-8-10-24(28,11-9-17)19-12-20(25)23(27)21(26)13-19/h12-13,15-18,22,28H,2-11,14H2,1H3. The molecule has 4 rings (SSSR count). The summed E-state index contributed by atoms with van der Waals surface area (Å²) in [6.45, 7) is 3.16. The summed E-state index contributed by atoms with van der Waals surface area (Å²) >= 11 is 0. The van der Waals surface area contributed by atoms with Crippen molar-refractivity contribution >= 4 is 0 Å². The molecule has 0 bridgehead atoms. The SMILES string of the molecule is CC1CCC(C2CCC(C3CCC(O)(c4cc(F)c(F)c(F)c4)CC3)CC2)OC1. The Morgan fingerprint density at radius 1 is 0.828 bits per heavy atom. The predicted octanol–water partition coefficient (Wildman–Crippen LogP) is 6.10. The van der Waals surface area contributed by atoms with Crippen LogP contribution in [0, 0.1) is 41.1 Å². The molecule has 1 N–H and O–H groups in total. The van der Waals surface area contributed by atoms with Crippen LogP contribution < -0.4 is 0 Å². The van der Waals surface area contributed by atoms with Gasteiger partial charge in [-0.05, 0) is 106 Å². The van der Waals surface area contributed by atoms with Gasteiger partial charge < -0.3 is 9.84 Å². The summed E-state index contributed by atoms with van der Waals surface area (Å²) in [5.74, 6) is -1.34. The quantitative estimate of drug-likeness (QED) is 0.610. The van der Waals surface area contributed by atoms with E-state index in [9.17, 15) is 18.3 Å². The smallest absolute Gasteiger partial charge is 0.194 e. The Balaban J connectivity index is 1.30. The first-order valence-corrected chi connectivity index (χ1v) is 11.3. The normalized spacial score (nSPS) is 38.7. The molecule has 1 aromatic carbocycles. The van der Waals surface area contributed by atoms with E-state index in [1.807, 2.05) is 0 Å². The lowest BCUT2D eigenvalue weighted by molar-refractivity contribution is -0.0610. The van der Waals surface area contributed by atoms with Crippen LogP contribution in [0.2, 0.25) is 0 Å². The summed E-state index contributed by atoms with van der Waals surface area (Å²) in [4.78, 5) is 0. The first-order valence-electron chi connectivity index (χ1n) is 11.3. The average molecular weight is 411 g/mol. The Morgan fingerprint density at radius 3 is 1.93 bits per heavy atom. The van der Waals surface area contributed by atoms with Gasteiger partial charge in [-0.3, -0.25) is 0 Å². The van der Waals surface area contributed by atoms with E-state index >= 15 is 0 Å². The maximum Gasteiger partial charge on any atom is 0.194 e. The zero-order valence-electron chi connectivity index (χ0n) is 17.3. The zero-order chi connectivity index (χ0) is 20.6. The highest BCUT2D eigenvalue weighted by molar-refractivity contribution is 5.26. The minimum atomic E-state index is -1.47. The van der Waals surface area contributed by atoms with E-state index in [1.165, 1.54) is 38.5 Å². The van der Waals surface area contributed by atoms with Crippen molar-refractivity contribution in [2.45, 2.75) is 82.8 Å². The molecule has 29 heavy (non-hydrogen) atoms. The second kappa shape index (κ2) is 8.58. The fourth-order valence-electron chi connectivity index (χ4n) is 5.97. The van der Waals surface area contributed by atoms with Crippen molar-refractivity contribution in [3.63, 3.8) is 0 Å². The third-order valence-corrected chi connectivity index (χ3v) is 7.93. The number of rotatable bonds is 3. The molecule has 5 heteroatoms. The maximum atomic E-state index is 13.6. The molecular weight excluding hydrogens is 377 g/mol. The molecule has 162 valence electrons. The fourth-order valence-corrected chi connectivity index (χ4v) is 5.97. The van der Waals surface area contributed by atoms with Gasteiger partial charge in [-0.25, -0.2) is 13.2 Å². The van der Waals surface area contributed by atoms with E-state index in [2.05, 4.69) is 6.92 Å². The van der Waals surface area contributed by atoms with Crippen molar-refractivity contribution in [2.75, 3.05) is 6.61 Å². The van der Waals surface area contributed by atoms with Crippen LogP contribution in [0.5, 0.6) is 0 Å². The molecule has 3 fully saturated rings. The minimum Gasteiger partial charge on any atom is -0.385 e. The van der Waals surface area contributed by atoms with Crippen LogP contribution in [0.1, 0.15) is 76.7 Å². The molecule has 0 spiro atoms. The maximum absolute atomic E-state index is 13.6. The van der Waals surface area contributed by atoms with Gasteiger partial charge in [0, 0.05) is 6.61 Å². The molecule has 2 nitrogen and oxygen atoms in total. The van der Waals surface area contributed by atoms with Crippen LogP contribution in [0.3, 0.4) is 0 Å². The number of hydrogen-bond donors (Lipinski definition) is 1. The predicted molar refractivity (Wildman–Crippen MR) is 106 cm³/mol. The number of benzene rings is 1. The highest BCUT2D eigenvalue weighted by Gasteiger charge is 2.40. The van der Waals surface area contributed by atoms with Crippen molar-refractivity contribution in [2.24, 2.45) is 23.7 Å². The van der Waals surface area contributed by atoms with Gasteiger partial charge in [0.05, 0.1) is 11.7 Å². The Bertz CT molecular complexity index is 675. The van der Waals surface area contributed by atoms with Gasteiger partial charge in [0.2, 0.25) is 0 Å². The van der Waals surface area contributed by atoms with Gasteiger partial charge in [0.1, 0.15) is 0 Å². The van der Waals surface area contributed by atoms with E-state index in [1.54, 1.807) is 0 Å². The summed E-state index contributed by atoms with van der Waals surface area (Å²) in [5, 5.41) is 11.0. The molecule has 0 radical (unpaired) electrons. The van der Waals surface area contributed by atoms with Gasteiger partial charge >= 0.3 is 0 Å². The molecule has 1 heterocycles. The number of hydrogen-bond acceptors (Lipinski definition) is 2. The topological polar surface area (TPSA) is 29.5 Å². The van der Waals surface area contributed by atoms with E-state index in [0.717, 1.165) is 31.6 Å². The van der Waals surface area contributed by atoms with Crippen LogP contribution in [-0.2, 0) is 10.3 Å². The first kappa shape index (κ1) is 21.2. The van der Waals surface area contributed by atoms with Gasteiger partial charge in [-0.1, -0.05) is 6.92 Å². The highest BCUT2D eigenvalue weighted by Crippen LogP contribution is 2.47. The van der Waals surface area contributed by atoms with Crippen molar-refractivity contribution in [1.82, 2.24) is 0 Å². The average Bonchev–Trinajstić information content (AvgIpc) is 2.73. The Kier molecular flexibility index (Phi) is 6.27. The second-order valence-electron chi connectivity index (χ2n) is 9.85. The molecule has 2 atom stereocenters. The van der Waals surface area contributed by atoms with Crippen LogP contribution in [-0.4, -0.2) is 17.8 Å². The third-order valence-electron chi connectivity index (χ3n) is 7.93. The molecule has 3 aliphatic rings. The lowest BCUT2D eigenvalue weighted by Crippen LogP contribution is -2.37. The van der Waals surface area contributed by atoms with Crippen molar-refractivity contribution < 1.29 is 23.0 Å². The number of aliphatic hydroxyl groups is 1. The van der Waals surface area contributed by atoms with Gasteiger partial charge in [0.15, 0.2) is 17.5 Å².